The molecule has 0 aliphatic heterocycles. The van der Waals surface area contributed by atoms with Gasteiger partial charge in [-0.15, -0.1) is 0 Å². The lowest BCUT2D eigenvalue weighted by atomic mass is 9.95. The number of hydrogen-bond donors (Lipinski definition) is 1. The van der Waals surface area contributed by atoms with Crippen molar-refractivity contribution < 1.29 is 4.79 Å². The second-order valence-electron chi connectivity index (χ2n) is 8.41. The fourth-order valence-electron chi connectivity index (χ4n) is 4.69. The molecule has 0 saturated heterocycles. The van der Waals surface area contributed by atoms with Gasteiger partial charge in [0.05, 0.1) is 12.6 Å². The van der Waals surface area contributed by atoms with Gasteiger partial charge in [0, 0.05) is 23.5 Å². The smallest absolute Gasteiger partial charge is 0.244 e. The Labute approximate surface area is 184 Å². The minimum atomic E-state index is -0.185. The van der Waals surface area contributed by atoms with Crippen LogP contribution in [0.5, 0.6) is 0 Å². The molecule has 1 aromatic carbocycles. The van der Waals surface area contributed by atoms with E-state index in [1.807, 2.05) is 36.4 Å². The Morgan fingerprint density at radius 3 is 2.68 bits per heavy atom. The lowest BCUT2D eigenvalue weighted by molar-refractivity contribution is -0.117. The normalized spacial score (nSPS) is 15.9. The maximum atomic E-state index is 12.8. The summed E-state index contributed by atoms with van der Waals surface area (Å²) in [6.07, 6.45) is 13.2. The molecule has 6 heteroatoms. The Kier molecular flexibility index (Phi) is 6.65. The molecule has 4 rings (SSSR count). The van der Waals surface area contributed by atoms with Crippen LogP contribution >= 0.6 is 0 Å². The Morgan fingerprint density at radius 2 is 1.97 bits per heavy atom. The second kappa shape index (κ2) is 9.77. The monoisotopic (exact) mass is 417 g/mol. The molecule has 1 aliphatic carbocycles. The number of nitrogens with zero attached hydrogens (tertiary/aromatic N) is 4. The van der Waals surface area contributed by atoms with Crippen molar-refractivity contribution in [1.82, 2.24) is 24.6 Å². The molecule has 0 spiro atoms. The highest BCUT2D eigenvalue weighted by molar-refractivity contribution is 5.92. The van der Waals surface area contributed by atoms with E-state index in [-0.39, 0.29) is 11.9 Å². The predicted octanol–water partition coefficient (Wildman–Crippen LogP) is 4.77. The third-order valence-corrected chi connectivity index (χ3v) is 6.23. The van der Waals surface area contributed by atoms with E-state index in [0.29, 0.717) is 12.6 Å². The number of carbonyl (C=O) groups is 1. The summed E-state index contributed by atoms with van der Waals surface area (Å²) in [6.45, 7) is 4.86. The van der Waals surface area contributed by atoms with Crippen molar-refractivity contribution >= 4 is 12.0 Å². The van der Waals surface area contributed by atoms with Gasteiger partial charge >= 0.3 is 0 Å². The summed E-state index contributed by atoms with van der Waals surface area (Å²) in [6, 6.07) is 12.6. The highest BCUT2D eigenvalue weighted by Gasteiger charge is 2.20. The molecule has 31 heavy (non-hydrogen) atoms. The molecular formula is C25H31N5O. The zero-order valence-corrected chi connectivity index (χ0v) is 18.4. The van der Waals surface area contributed by atoms with Gasteiger partial charge in [-0.05, 0) is 50.0 Å². The molecule has 1 N–H and O–H groups in total. The molecule has 3 aromatic rings. The summed E-state index contributed by atoms with van der Waals surface area (Å²) in [7, 11) is 0. The summed E-state index contributed by atoms with van der Waals surface area (Å²) >= 11 is 0. The third-order valence-electron chi connectivity index (χ3n) is 6.23. The standard InChI is InChI=1S/C25H31N5O/c1-19-15-22(20(2)30(19)23-11-7-4-8-12-23)13-14-25(31)28-24(16-29-18-26-17-27-29)21-9-5-3-6-10-21/h3,5-6,9-10,13-15,17-18,23-24H,4,7-8,11-12,16H2,1-2H3,(H,28,31)/b14-13+. The van der Waals surface area contributed by atoms with Crippen LogP contribution in [0.3, 0.4) is 0 Å². The molecule has 1 saturated carbocycles. The fourth-order valence-corrected chi connectivity index (χ4v) is 4.69. The van der Waals surface area contributed by atoms with Crippen LogP contribution in [0.25, 0.3) is 6.08 Å². The molecule has 162 valence electrons. The van der Waals surface area contributed by atoms with Gasteiger partial charge in [0.15, 0.2) is 0 Å². The minimum Gasteiger partial charge on any atom is -0.346 e. The van der Waals surface area contributed by atoms with E-state index in [0.717, 1.165) is 11.1 Å². The van der Waals surface area contributed by atoms with E-state index >= 15 is 0 Å². The average Bonchev–Trinajstić information content (AvgIpc) is 3.40. The quantitative estimate of drug-likeness (QED) is 0.563. The summed E-state index contributed by atoms with van der Waals surface area (Å²) < 4.78 is 4.20. The Hall–Kier alpha value is -3.15. The molecule has 0 bridgehead atoms. The van der Waals surface area contributed by atoms with Gasteiger partial charge < -0.3 is 9.88 Å². The van der Waals surface area contributed by atoms with Crippen LogP contribution < -0.4 is 5.32 Å². The fraction of sp³-hybridized carbons (Fsp3) is 0.400. The van der Waals surface area contributed by atoms with E-state index in [1.165, 1.54) is 49.8 Å². The first-order chi connectivity index (χ1) is 15.1. The summed E-state index contributed by atoms with van der Waals surface area (Å²) in [5.41, 5.74) is 4.68. The number of amides is 1. The number of aryl methyl sites for hydroxylation is 1. The number of nitrogens with one attached hydrogen (secondary N) is 1. The first-order valence-corrected chi connectivity index (χ1v) is 11.2. The van der Waals surface area contributed by atoms with Crippen LogP contribution in [0.2, 0.25) is 0 Å². The van der Waals surface area contributed by atoms with Crippen molar-refractivity contribution in [3.8, 4) is 0 Å². The van der Waals surface area contributed by atoms with Crippen LogP contribution in [0.4, 0.5) is 0 Å². The van der Waals surface area contributed by atoms with E-state index in [9.17, 15) is 4.79 Å². The first kappa shape index (κ1) is 21.1. The highest BCUT2D eigenvalue weighted by Crippen LogP contribution is 2.32. The van der Waals surface area contributed by atoms with Gasteiger partial charge in [-0.25, -0.2) is 4.98 Å². The topological polar surface area (TPSA) is 64.7 Å². The molecule has 1 aliphatic rings. The van der Waals surface area contributed by atoms with Gasteiger partial charge in [-0.3, -0.25) is 9.48 Å². The SMILES string of the molecule is Cc1cc(/C=C/C(=O)NC(Cn2cncn2)c2ccccc2)c(C)n1C1CCCCC1. The van der Waals surface area contributed by atoms with Gasteiger partial charge in [0.25, 0.3) is 0 Å². The van der Waals surface area contributed by atoms with E-state index in [4.69, 9.17) is 0 Å². The second-order valence-corrected chi connectivity index (χ2v) is 8.41. The van der Waals surface area contributed by atoms with Crippen LogP contribution in [0.1, 0.15) is 66.7 Å². The molecular weight excluding hydrogens is 386 g/mol. The Balaban J connectivity index is 1.47. The Morgan fingerprint density at radius 1 is 1.19 bits per heavy atom. The molecule has 2 aromatic heterocycles. The number of benzene rings is 1. The zero-order chi connectivity index (χ0) is 21.6. The molecule has 1 atom stereocenters. The van der Waals surface area contributed by atoms with Crippen LogP contribution in [-0.2, 0) is 11.3 Å². The van der Waals surface area contributed by atoms with Gasteiger partial charge in [-0.2, -0.15) is 5.10 Å². The van der Waals surface area contributed by atoms with Gasteiger partial charge in [0.2, 0.25) is 5.91 Å². The summed E-state index contributed by atoms with van der Waals surface area (Å²) in [5, 5.41) is 7.31. The molecule has 1 unspecified atom stereocenters. The third kappa shape index (κ3) is 5.13. The highest BCUT2D eigenvalue weighted by atomic mass is 16.1. The van der Waals surface area contributed by atoms with Gasteiger partial charge in [0.1, 0.15) is 12.7 Å². The number of hydrogen-bond acceptors (Lipinski definition) is 3. The molecule has 0 radical (unpaired) electrons. The maximum absolute atomic E-state index is 12.8. The van der Waals surface area contributed by atoms with Crippen LogP contribution in [0, 0.1) is 13.8 Å². The largest absolute Gasteiger partial charge is 0.346 e. The molecule has 6 nitrogen and oxygen atoms in total. The van der Waals surface area contributed by atoms with Crippen molar-refractivity contribution in [1.29, 1.82) is 0 Å². The predicted molar refractivity (Wildman–Crippen MR) is 122 cm³/mol. The van der Waals surface area contributed by atoms with E-state index in [1.54, 1.807) is 17.1 Å². The average molecular weight is 418 g/mol. The number of aromatic nitrogens is 4. The molecule has 1 fully saturated rings. The van der Waals surface area contributed by atoms with Crippen LogP contribution in [0.15, 0.2) is 55.1 Å². The molecule has 1 amide bonds. The summed E-state index contributed by atoms with van der Waals surface area (Å²) in [5.74, 6) is -0.114. The minimum absolute atomic E-state index is 0.114. The maximum Gasteiger partial charge on any atom is 0.244 e. The van der Waals surface area contributed by atoms with Crippen molar-refractivity contribution in [2.24, 2.45) is 0 Å². The van der Waals surface area contributed by atoms with Crippen molar-refractivity contribution in [2.75, 3.05) is 0 Å². The van der Waals surface area contributed by atoms with Crippen molar-refractivity contribution in [2.45, 2.75) is 64.6 Å². The van der Waals surface area contributed by atoms with Crippen molar-refractivity contribution in [3.63, 3.8) is 0 Å². The van der Waals surface area contributed by atoms with Gasteiger partial charge in [-0.1, -0.05) is 49.6 Å². The van der Waals surface area contributed by atoms with Crippen LogP contribution in [-0.4, -0.2) is 25.2 Å². The zero-order valence-electron chi connectivity index (χ0n) is 18.4. The van der Waals surface area contributed by atoms with E-state index in [2.05, 4.69) is 39.9 Å². The van der Waals surface area contributed by atoms with E-state index < -0.39 is 0 Å². The first-order valence-electron chi connectivity index (χ1n) is 11.2. The number of rotatable bonds is 7. The Bertz CT molecular complexity index is 1010. The number of carbonyl (C=O) groups excluding carboxylic acids is 1. The lowest BCUT2D eigenvalue weighted by Gasteiger charge is -2.26. The molecule has 2 heterocycles. The van der Waals surface area contributed by atoms with Crippen molar-refractivity contribution in [3.05, 3.63) is 77.6 Å². The summed E-state index contributed by atoms with van der Waals surface area (Å²) in [4.78, 5) is 16.8. The lowest BCUT2D eigenvalue weighted by Crippen LogP contribution is -2.30.